The molecular formula is C24H21BrN2O. The Kier molecular flexibility index (Phi) is 5.68. The Labute approximate surface area is 173 Å². The molecule has 4 rings (SSSR count). The van der Waals surface area contributed by atoms with Gasteiger partial charge in [0.15, 0.2) is 5.78 Å². The summed E-state index contributed by atoms with van der Waals surface area (Å²) in [5.74, 6) is 1.03. The van der Waals surface area contributed by atoms with Crippen LogP contribution in [-0.4, -0.2) is 18.2 Å². The first-order valence-electron chi connectivity index (χ1n) is 9.42. The number of anilines is 1. The fraction of sp³-hybridized carbons (Fsp3) is 0.167. The number of hydrogen-bond acceptors (Lipinski definition) is 2. The fourth-order valence-electron chi connectivity index (χ4n) is 3.50. The van der Waals surface area contributed by atoms with E-state index >= 15 is 0 Å². The van der Waals surface area contributed by atoms with Crippen LogP contribution in [0.2, 0.25) is 0 Å². The summed E-state index contributed by atoms with van der Waals surface area (Å²) in [4.78, 5) is 19.5. The van der Waals surface area contributed by atoms with E-state index in [9.17, 15) is 4.79 Å². The average Bonchev–Trinajstić information content (AvgIpc) is 2.75. The van der Waals surface area contributed by atoms with Crippen molar-refractivity contribution in [2.75, 3.05) is 11.4 Å². The van der Waals surface area contributed by atoms with E-state index in [0.29, 0.717) is 5.56 Å². The van der Waals surface area contributed by atoms with Crippen LogP contribution in [0.3, 0.4) is 0 Å². The van der Waals surface area contributed by atoms with E-state index in [1.54, 1.807) is 0 Å². The van der Waals surface area contributed by atoms with E-state index in [2.05, 4.69) is 69.4 Å². The van der Waals surface area contributed by atoms with Crippen molar-refractivity contribution < 1.29 is 4.79 Å². The normalized spacial score (nSPS) is 14.8. The number of carbonyl (C=O) groups is 1. The third kappa shape index (κ3) is 4.23. The van der Waals surface area contributed by atoms with Gasteiger partial charge in [0.2, 0.25) is 0 Å². The van der Waals surface area contributed by atoms with Gasteiger partial charge in [0, 0.05) is 28.7 Å². The molecule has 0 spiro atoms. The molecule has 1 heterocycles. The molecule has 0 aliphatic carbocycles. The number of ketones is 1. The lowest BCUT2D eigenvalue weighted by atomic mass is 10.00. The highest BCUT2D eigenvalue weighted by atomic mass is 79.9. The lowest BCUT2D eigenvalue weighted by Crippen LogP contribution is -2.35. The predicted molar refractivity (Wildman–Crippen MR) is 118 cm³/mol. The van der Waals surface area contributed by atoms with Crippen molar-refractivity contribution in [1.29, 1.82) is 0 Å². The molecular weight excluding hydrogens is 412 g/mol. The van der Waals surface area contributed by atoms with Crippen LogP contribution >= 0.6 is 15.9 Å². The Morgan fingerprint density at radius 1 is 0.893 bits per heavy atom. The first-order chi connectivity index (χ1) is 13.7. The second-order valence-electron chi connectivity index (χ2n) is 6.86. The zero-order chi connectivity index (χ0) is 19.3. The van der Waals surface area contributed by atoms with E-state index in [0.717, 1.165) is 29.7 Å². The molecule has 0 saturated heterocycles. The number of aliphatic imine (C=N–C) groups is 1. The fourth-order valence-corrected chi connectivity index (χ4v) is 3.76. The summed E-state index contributed by atoms with van der Waals surface area (Å²) in [7, 11) is 0. The number of para-hydroxylation sites is 1. The monoisotopic (exact) mass is 432 g/mol. The van der Waals surface area contributed by atoms with E-state index in [-0.39, 0.29) is 12.3 Å². The van der Waals surface area contributed by atoms with Gasteiger partial charge < -0.3 is 4.90 Å². The minimum atomic E-state index is 0.0514. The molecule has 0 unspecified atom stereocenters. The maximum atomic E-state index is 12.5. The largest absolute Gasteiger partial charge is 0.325 e. The molecule has 0 N–H and O–H groups in total. The van der Waals surface area contributed by atoms with Crippen LogP contribution in [0.15, 0.2) is 88.3 Å². The van der Waals surface area contributed by atoms with Crippen LogP contribution in [0.4, 0.5) is 5.69 Å². The van der Waals surface area contributed by atoms with Gasteiger partial charge in [-0.25, -0.2) is 0 Å². The average molecular weight is 433 g/mol. The number of carbonyl (C=O) groups excluding carboxylic acids is 1. The number of rotatable bonds is 5. The number of hydrogen-bond donors (Lipinski definition) is 0. The SMILES string of the molecule is O=C(CN=C1CCc2ccccc2N1Cc1ccc(Br)cc1)c1ccccc1. The van der Waals surface area contributed by atoms with Gasteiger partial charge in [-0.1, -0.05) is 76.6 Å². The molecule has 1 aliphatic heterocycles. The van der Waals surface area contributed by atoms with Crippen molar-refractivity contribution in [3.63, 3.8) is 0 Å². The Bertz CT molecular complexity index is 997. The number of fused-ring (bicyclic) bond motifs is 1. The van der Waals surface area contributed by atoms with Gasteiger partial charge in [0.05, 0.1) is 0 Å². The minimum absolute atomic E-state index is 0.0514. The molecule has 3 nitrogen and oxygen atoms in total. The van der Waals surface area contributed by atoms with Crippen LogP contribution in [0.5, 0.6) is 0 Å². The number of benzene rings is 3. The number of Topliss-reactive ketones (excluding diaryl/α,β-unsaturated/α-hetero) is 1. The second kappa shape index (κ2) is 8.53. The molecule has 3 aromatic rings. The summed E-state index contributed by atoms with van der Waals surface area (Å²) in [6.07, 6.45) is 1.79. The summed E-state index contributed by atoms with van der Waals surface area (Å²) in [6.45, 7) is 0.918. The quantitative estimate of drug-likeness (QED) is 0.485. The van der Waals surface area contributed by atoms with E-state index in [4.69, 9.17) is 4.99 Å². The minimum Gasteiger partial charge on any atom is -0.325 e. The van der Waals surface area contributed by atoms with Gasteiger partial charge in [0.25, 0.3) is 0 Å². The van der Waals surface area contributed by atoms with Crippen LogP contribution < -0.4 is 4.90 Å². The number of amidine groups is 1. The Morgan fingerprint density at radius 2 is 1.61 bits per heavy atom. The Balaban J connectivity index is 1.61. The molecule has 0 atom stereocenters. The third-order valence-electron chi connectivity index (χ3n) is 4.97. The molecule has 0 aromatic heterocycles. The molecule has 4 heteroatoms. The Hall–Kier alpha value is -2.72. The summed E-state index contributed by atoms with van der Waals surface area (Å²) < 4.78 is 1.07. The van der Waals surface area contributed by atoms with Crippen molar-refractivity contribution >= 4 is 33.2 Å². The van der Waals surface area contributed by atoms with E-state index in [1.807, 2.05) is 30.3 Å². The van der Waals surface area contributed by atoms with Crippen molar-refractivity contribution in [3.8, 4) is 0 Å². The predicted octanol–water partition coefficient (Wildman–Crippen LogP) is 5.68. The van der Waals surface area contributed by atoms with Crippen molar-refractivity contribution in [3.05, 3.63) is 100 Å². The molecule has 0 radical (unpaired) electrons. The first kappa shape index (κ1) is 18.6. The molecule has 1 aliphatic rings. The summed E-state index contributed by atoms with van der Waals surface area (Å²) in [6, 6.07) is 26.2. The van der Waals surface area contributed by atoms with E-state index < -0.39 is 0 Å². The van der Waals surface area contributed by atoms with Crippen molar-refractivity contribution in [2.45, 2.75) is 19.4 Å². The first-order valence-corrected chi connectivity index (χ1v) is 10.2. The van der Waals surface area contributed by atoms with Gasteiger partial charge >= 0.3 is 0 Å². The lowest BCUT2D eigenvalue weighted by molar-refractivity contribution is 0.100. The van der Waals surface area contributed by atoms with Crippen LogP contribution in [0, 0.1) is 0 Å². The zero-order valence-electron chi connectivity index (χ0n) is 15.5. The smallest absolute Gasteiger partial charge is 0.184 e. The molecule has 3 aromatic carbocycles. The lowest BCUT2D eigenvalue weighted by Gasteiger charge is -2.32. The number of aryl methyl sites for hydroxylation is 1. The molecule has 28 heavy (non-hydrogen) atoms. The molecule has 0 saturated carbocycles. The van der Waals surface area contributed by atoms with E-state index in [1.165, 1.54) is 16.8 Å². The number of halogens is 1. The zero-order valence-corrected chi connectivity index (χ0v) is 17.1. The summed E-state index contributed by atoms with van der Waals surface area (Å²) >= 11 is 3.50. The maximum Gasteiger partial charge on any atom is 0.184 e. The molecule has 0 bridgehead atoms. The van der Waals surface area contributed by atoms with Gasteiger partial charge in [-0.2, -0.15) is 0 Å². The molecule has 140 valence electrons. The summed E-state index contributed by atoms with van der Waals surface area (Å²) in [5, 5.41) is 0. The van der Waals surface area contributed by atoms with Crippen LogP contribution in [0.25, 0.3) is 0 Å². The number of nitrogens with zero attached hydrogens (tertiary/aromatic N) is 2. The topological polar surface area (TPSA) is 32.7 Å². The van der Waals surface area contributed by atoms with Crippen molar-refractivity contribution in [2.24, 2.45) is 4.99 Å². The standard InChI is InChI=1S/C24H21BrN2O/c25-21-13-10-18(11-14-21)17-27-22-9-5-4-6-19(22)12-15-24(27)26-16-23(28)20-7-2-1-3-8-20/h1-11,13-14H,12,15-17H2. The van der Waals surface area contributed by atoms with Gasteiger partial charge in [0.1, 0.15) is 12.4 Å². The van der Waals surface area contributed by atoms with Crippen molar-refractivity contribution in [1.82, 2.24) is 0 Å². The van der Waals surface area contributed by atoms with Gasteiger partial charge in [-0.3, -0.25) is 9.79 Å². The highest BCUT2D eigenvalue weighted by molar-refractivity contribution is 9.10. The highest BCUT2D eigenvalue weighted by Gasteiger charge is 2.22. The Morgan fingerprint density at radius 3 is 2.39 bits per heavy atom. The highest BCUT2D eigenvalue weighted by Crippen LogP contribution is 2.30. The van der Waals surface area contributed by atoms with Crippen LogP contribution in [0.1, 0.15) is 27.9 Å². The van der Waals surface area contributed by atoms with Gasteiger partial charge in [-0.05, 0) is 35.7 Å². The third-order valence-corrected chi connectivity index (χ3v) is 5.50. The molecule has 0 amide bonds. The van der Waals surface area contributed by atoms with Crippen LogP contribution in [-0.2, 0) is 13.0 Å². The van der Waals surface area contributed by atoms with Gasteiger partial charge in [-0.15, -0.1) is 0 Å². The molecule has 0 fully saturated rings. The second-order valence-corrected chi connectivity index (χ2v) is 7.78. The maximum absolute atomic E-state index is 12.5. The summed E-state index contributed by atoms with van der Waals surface area (Å²) in [5.41, 5.74) is 4.43.